The van der Waals surface area contributed by atoms with Gasteiger partial charge in [-0.2, -0.15) is 10.2 Å². The van der Waals surface area contributed by atoms with Gasteiger partial charge in [-0.25, -0.2) is 19.0 Å². The lowest BCUT2D eigenvalue weighted by atomic mass is 10.1. The highest BCUT2D eigenvalue weighted by molar-refractivity contribution is 5.96. The summed E-state index contributed by atoms with van der Waals surface area (Å²) in [6, 6.07) is 4.84. The topological polar surface area (TPSA) is 104 Å². The van der Waals surface area contributed by atoms with Crippen molar-refractivity contribution in [2.45, 2.75) is 33.7 Å². The minimum absolute atomic E-state index is 0.106. The van der Waals surface area contributed by atoms with Gasteiger partial charge in [0.25, 0.3) is 5.91 Å². The predicted octanol–water partition coefficient (Wildman–Crippen LogP) is 2.92. The van der Waals surface area contributed by atoms with Gasteiger partial charge < -0.3 is 9.64 Å². The second-order valence-corrected chi connectivity index (χ2v) is 8.70. The number of carbonyl (C=O) groups excluding carboxylic acids is 1. The number of rotatable bonds is 8. The number of halogens is 1. The SMILES string of the molecule is COCCn1nc(-c2ccc(F)cn2)c(C)c1Cc1cc(-n2nc(C)c(C(=O)N(C)C)c2C)ncn1. The molecule has 1 amide bonds. The Labute approximate surface area is 208 Å². The number of nitrogens with zero attached hydrogens (tertiary/aromatic N) is 8. The standard InChI is InChI=1S/C25H29FN8O2/c1-15-21(33(9-10-36-6)31-24(15)20-8-7-18(26)13-27-20)11-19-12-22(29-14-28-19)34-17(3)23(16(2)30-34)25(35)32(4)5/h7-8,12-14H,9-11H2,1-6H3. The fourth-order valence-electron chi connectivity index (χ4n) is 4.10. The van der Waals surface area contributed by atoms with Crippen molar-refractivity contribution >= 4 is 5.91 Å². The molecule has 188 valence electrons. The lowest BCUT2D eigenvalue weighted by Gasteiger charge is -2.11. The quantitative estimate of drug-likeness (QED) is 0.373. The molecular formula is C25H29FN8O2. The van der Waals surface area contributed by atoms with Crippen LogP contribution in [0.15, 0.2) is 30.7 Å². The Balaban J connectivity index is 1.71. The number of aromatic nitrogens is 7. The number of carbonyl (C=O) groups is 1. The van der Waals surface area contributed by atoms with Gasteiger partial charge in [0.1, 0.15) is 17.8 Å². The summed E-state index contributed by atoms with van der Waals surface area (Å²) in [4.78, 5) is 27.2. The first-order valence-electron chi connectivity index (χ1n) is 11.5. The molecule has 0 aromatic carbocycles. The zero-order valence-corrected chi connectivity index (χ0v) is 21.3. The minimum atomic E-state index is -0.399. The monoisotopic (exact) mass is 492 g/mol. The summed E-state index contributed by atoms with van der Waals surface area (Å²) in [5.41, 5.74) is 5.80. The molecule has 0 unspecified atom stereocenters. The van der Waals surface area contributed by atoms with E-state index in [0.717, 1.165) is 17.0 Å². The molecule has 0 aliphatic rings. The molecule has 4 heterocycles. The number of amides is 1. The van der Waals surface area contributed by atoms with Gasteiger partial charge in [0.2, 0.25) is 0 Å². The molecule has 0 atom stereocenters. The van der Waals surface area contributed by atoms with Crippen molar-refractivity contribution < 1.29 is 13.9 Å². The molecule has 0 bridgehead atoms. The summed E-state index contributed by atoms with van der Waals surface area (Å²) >= 11 is 0. The predicted molar refractivity (Wildman–Crippen MR) is 131 cm³/mol. The maximum atomic E-state index is 13.4. The smallest absolute Gasteiger partial charge is 0.257 e. The Hall–Kier alpha value is -3.99. The van der Waals surface area contributed by atoms with E-state index in [-0.39, 0.29) is 5.91 Å². The fourth-order valence-corrected chi connectivity index (χ4v) is 4.10. The third kappa shape index (κ3) is 4.87. The van der Waals surface area contributed by atoms with Crippen molar-refractivity contribution in [1.29, 1.82) is 0 Å². The summed E-state index contributed by atoms with van der Waals surface area (Å²) in [6.07, 6.45) is 3.15. The van der Waals surface area contributed by atoms with Gasteiger partial charge in [-0.05, 0) is 32.9 Å². The minimum Gasteiger partial charge on any atom is -0.383 e. The number of methoxy groups -OCH3 is 1. The summed E-state index contributed by atoms with van der Waals surface area (Å²) in [7, 11) is 5.07. The van der Waals surface area contributed by atoms with Crippen LogP contribution in [-0.4, -0.2) is 73.1 Å². The zero-order valence-electron chi connectivity index (χ0n) is 21.3. The van der Waals surface area contributed by atoms with E-state index in [4.69, 9.17) is 9.84 Å². The van der Waals surface area contributed by atoms with Crippen LogP contribution >= 0.6 is 0 Å². The summed E-state index contributed by atoms with van der Waals surface area (Å²) < 4.78 is 22.2. The van der Waals surface area contributed by atoms with Crippen LogP contribution in [-0.2, 0) is 17.7 Å². The number of aryl methyl sites for hydroxylation is 1. The number of hydrogen-bond donors (Lipinski definition) is 0. The first kappa shape index (κ1) is 25.1. The molecular weight excluding hydrogens is 463 g/mol. The Morgan fingerprint density at radius 3 is 2.56 bits per heavy atom. The van der Waals surface area contributed by atoms with Crippen molar-refractivity contribution in [3.63, 3.8) is 0 Å². The molecule has 4 aromatic rings. The molecule has 10 nitrogen and oxygen atoms in total. The third-order valence-electron chi connectivity index (χ3n) is 5.98. The van der Waals surface area contributed by atoms with Crippen LogP contribution in [0.5, 0.6) is 0 Å². The molecule has 0 radical (unpaired) electrons. The van der Waals surface area contributed by atoms with E-state index in [0.29, 0.717) is 53.7 Å². The Kier molecular flexibility index (Phi) is 7.20. The summed E-state index contributed by atoms with van der Waals surface area (Å²) in [5, 5.41) is 9.30. The average molecular weight is 493 g/mol. The Morgan fingerprint density at radius 2 is 1.89 bits per heavy atom. The molecule has 0 fully saturated rings. The van der Waals surface area contributed by atoms with E-state index in [9.17, 15) is 9.18 Å². The fraction of sp³-hybridized carbons (Fsp3) is 0.360. The third-order valence-corrected chi connectivity index (χ3v) is 5.98. The second kappa shape index (κ2) is 10.3. The summed E-state index contributed by atoms with van der Waals surface area (Å²) in [6.45, 7) is 6.65. The van der Waals surface area contributed by atoms with E-state index in [1.807, 2.05) is 31.5 Å². The molecule has 36 heavy (non-hydrogen) atoms. The van der Waals surface area contributed by atoms with Gasteiger partial charge in [-0.1, -0.05) is 0 Å². The largest absolute Gasteiger partial charge is 0.383 e. The maximum Gasteiger partial charge on any atom is 0.257 e. The molecule has 0 aliphatic carbocycles. The lowest BCUT2D eigenvalue weighted by Crippen LogP contribution is -2.23. The van der Waals surface area contributed by atoms with E-state index < -0.39 is 5.82 Å². The summed E-state index contributed by atoms with van der Waals surface area (Å²) in [5.74, 6) is 0.0631. The van der Waals surface area contributed by atoms with Crippen LogP contribution in [0.1, 0.15) is 38.7 Å². The van der Waals surface area contributed by atoms with Crippen molar-refractivity contribution in [1.82, 2.24) is 39.4 Å². The van der Waals surface area contributed by atoms with Crippen molar-refractivity contribution in [2.75, 3.05) is 27.8 Å². The average Bonchev–Trinajstić information content (AvgIpc) is 3.33. The normalized spacial score (nSPS) is 11.2. The van der Waals surface area contributed by atoms with Crippen LogP contribution in [0.2, 0.25) is 0 Å². The first-order valence-corrected chi connectivity index (χ1v) is 11.5. The van der Waals surface area contributed by atoms with Crippen LogP contribution < -0.4 is 0 Å². The van der Waals surface area contributed by atoms with Gasteiger partial charge in [-0.3, -0.25) is 14.5 Å². The molecule has 0 saturated heterocycles. The van der Waals surface area contributed by atoms with Gasteiger partial charge in [-0.15, -0.1) is 0 Å². The highest BCUT2D eigenvalue weighted by atomic mass is 19.1. The lowest BCUT2D eigenvalue weighted by molar-refractivity contribution is 0.0826. The molecule has 11 heteroatoms. The van der Waals surface area contributed by atoms with E-state index >= 15 is 0 Å². The molecule has 4 rings (SSSR count). The van der Waals surface area contributed by atoms with Gasteiger partial charge >= 0.3 is 0 Å². The Morgan fingerprint density at radius 1 is 1.11 bits per heavy atom. The van der Waals surface area contributed by atoms with E-state index in [1.54, 1.807) is 32.0 Å². The van der Waals surface area contributed by atoms with Gasteiger partial charge in [0.15, 0.2) is 5.82 Å². The number of ether oxygens (including phenoxy) is 1. The van der Waals surface area contributed by atoms with Crippen molar-refractivity contribution in [2.24, 2.45) is 0 Å². The van der Waals surface area contributed by atoms with Crippen molar-refractivity contribution in [3.8, 4) is 17.2 Å². The molecule has 0 spiro atoms. The van der Waals surface area contributed by atoms with Crippen LogP contribution in [0.4, 0.5) is 4.39 Å². The zero-order chi connectivity index (χ0) is 26.0. The van der Waals surface area contributed by atoms with E-state index in [2.05, 4.69) is 20.1 Å². The molecule has 0 aliphatic heterocycles. The van der Waals surface area contributed by atoms with Crippen LogP contribution in [0, 0.1) is 26.6 Å². The van der Waals surface area contributed by atoms with Gasteiger partial charge in [0, 0.05) is 44.9 Å². The maximum absolute atomic E-state index is 13.4. The highest BCUT2D eigenvalue weighted by Gasteiger charge is 2.22. The first-order chi connectivity index (χ1) is 17.2. The highest BCUT2D eigenvalue weighted by Crippen LogP contribution is 2.26. The second-order valence-electron chi connectivity index (χ2n) is 8.70. The molecule has 4 aromatic heterocycles. The molecule has 0 saturated carbocycles. The number of pyridine rings is 1. The van der Waals surface area contributed by atoms with E-state index in [1.165, 1.54) is 23.5 Å². The Bertz CT molecular complexity index is 1390. The number of hydrogen-bond acceptors (Lipinski definition) is 7. The van der Waals surface area contributed by atoms with Crippen LogP contribution in [0.25, 0.3) is 17.2 Å². The van der Waals surface area contributed by atoms with Crippen LogP contribution in [0.3, 0.4) is 0 Å². The van der Waals surface area contributed by atoms with Gasteiger partial charge in [0.05, 0.1) is 47.7 Å². The molecule has 0 N–H and O–H groups in total. The van der Waals surface area contributed by atoms with Crippen molar-refractivity contribution in [3.05, 3.63) is 70.4 Å².